The zero-order valence-electron chi connectivity index (χ0n) is 16.6. The van der Waals surface area contributed by atoms with Crippen molar-refractivity contribution in [2.75, 3.05) is 26.2 Å². The van der Waals surface area contributed by atoms with E-state index in [0.717, 1.165) is 10.5 Å². The molecule has 1 heterocycles. The summed E-state index contributed by atoms with van der Waals surface area (Å²) >= 11 is 0. The van der Waals surface area contributed by atoms with Gasteiger partial charge in [-0.15, -0.1) is 0 Å². The van der Waals surface area contributed by atoms with Crippen molar-refractivity contribution in [3.05, 3.63) is 59.9 Å². The van der Waals surface area contributed by atoms with E-state index < -0.39 is 30.4 Å². The highest BCUT2D eigenvalue weighted by molar-refractivity contribution is 5.68. The molecule has 2 aromatic rings. The van der Waals surface area contributed by atoms with Crippen LogP contribution >= 0.6 is 0 Å². The average Bonchev–Trinajstić information content (AvgIpc) is 2.73. The van der Waals surface area contributed by atoms with Crippen molar-refractivity contribution in [1.82, 2.24) is 9.80 Å². The maximum absolute atomic E-state index is 14.5. The predicted octanol–water partition coefficient (Wildman–Crippen LogP) is 5.24. The van der Waals surface area contributed by atoms with Crippen molar-refractivity contribution >= 4 is 6.09 Å². The summed E-state index contributed by atoms with van der Waals surface area (Å²) in [5.41, 5.74) is 1.93. The molecule has 0 aromatic heterocycles. The summed E-state index contributed by atoms with van der Waals surface area (Å²) in [6.07, 6.45) is -17.4. The van der Waals surface area contributed by atoms with Gasteiger partial charge in [0.05, 0.1) is 0 Å². The minimum Gasteiger partial charge on any atom is -0.426 e. The van der Waals surface area contributed by atoms with Crippen LogP contribution < -0.4 is 0 Å². The van der Waals surface area contributed by atoms with Crippen molar-refractivity contribution in [2.24, 2.45) is 0 Å². The molecule has 0 N–H and O–H groups in total. The maximum atomic E-state index is 14.5. The van der Waals surface area contributed by atoms with Crippen LogP contribution in [0.15, 0.2) is 48.5 Å². The molecule has 1 aliphatic heterocycles. The van der Waals surface area contributed by atoms with Crippen LogP contribution in [0.3, 0.4) is 0 Å². The third-order valence-electron chi connectivity index (χ3n) is 5.00. The van der Waals surface area contributed by atoms with E-state index in [1.807, 2.05) is 30.3 Å². The summed E-state index contributed by atoms with van der Waals surface area (Å²) in [5.74, 6) is -0.439. The highest BCUT2D eigenvalue weighted by Gasteiger charge is 2.60. The summed E-state index contributed by atoms with van der Waals surface area (Å²) in [4.78, 5) is 14.3. The molecule has 0 saturated carbocycles. The fourth-order valence-corrected chi connectivity index (χ4v) is 3.31. The monoisotopic (exact) mass is 464 g/mol. The minimum atomic E-state index is -5.76. The van der Waals surface area contributed by atoms with Gasteiger partial charge >= 0.3 is 18.4 Å². The van der Waals surface area contributed by atoms with Crippen LogP contribution in [0.25, 0.3) is 11.1 Å². The van der Waals surface area contributed by atoms with Crippen LogP contribution in [0.5, 0.6) is 0 Å². The van der Waals surface area contributed by atoms with Gasteiger partial charge in [-0.2, -0.15) is 26.3 Å². The van der Waals surface area contributed by atoms with Gasteiger partial charge < -0.3 is 9.64 Å². The lowest BCUT2D eigenvalue weighted by Crippen LogP contribution is -2.52. The average molecular weight is 464 g/mol. The van der Waals surface area contributed by atoms with E-state index in [1.54, 1.807) is 17.0 Å². The molecule has 174 valence electrons. The number of benzene rings is 2. The van der Waals surface area contributed by atoms with Gasteiger partial charge in [0.15, 0.2) is 0 Å². The molecule has 0 atom stereocenters. The molecule has 1 aliphatic rings. The molecule has 4 nitrogen and oxygen atoms in total. The number of carbonyl (C=O) groups excluding carboxylic acids is 1. The number of hydrogen-bond acceptors (Lipinski definition) is 3. The van der Waals surface area contributed by atoms with Gasteiger partial charge in [-0.1, -0.05) is 42.5 Å². The summed E-state index contributed by atoms with van der Waals surface area (Å²) < 4.78 is 93.6. The summed E-state index contributed by atoms with van der Waals surface area (Å²) in [6.45, 7) is 0.156. The minimum absolute atomic E-state index is 0.137. The zero-order chi connectivity index (χ0) is 23.5. The van der Waals surface area contributed by atoms with Crippen LogP contribution in [-0.2, 0) is 11.3 Å². The Balaban J connectivity index is 1.56. The second-order valence-electron chi connectivity index (χ2n) is 7.28. The Bertz CT molecular complexity index is 910. The second-order valence-corrected chi connectivity index (χ2v) is 7.28. The highest BCUT2D eigenvalue weighted by Crippen LogP contribution is 2.36. The van der Waals surface area contributed by atoms with E-state index in [-0.39, 0.29) is 32.7 Å². The lowest BCUT2D eigenvalue weighted by Gasteiger charge is -2.35. The van der Waals surface area contributed by atoms with Gasteiger partial charge in [0.25, 0.3) is 6.10 Å². The Labute approximate surface area is 179 Å². The number of piperazine rings is 1. The number of carbonyl (C=O) groups is 1. The number of alkyl halides is 6. The number of halogens is 7. The van der Waals surface area contributed by atoms with Gasteiger partial charge in [-0.05, 0) is 17.2 Å². The summed E-state index contributed by atoms with van der Waals surface area (Å²) in [7, 11) is 0. The molecule has 0 bridgehead atoms. The van der Waals surface area contributed by atoms with E-state index in [9.17, 15) is 35.5 Å². The van der Waals surface area contributed by atoms with Gasteiger partial charge in [-0.25, -0.2) is 9.18 Å². The van der Waals surface area contributed by atoms with Gasteiger partial charge in [0.2, 0.25) is 0 Å². The third-order valence-corrected chi connectivity index (χ3v) is 5.00. The Morgan fingerprint density at radius 3 is 2.00 bits per heavy atom. The molecular weight excluding hydrogens is 445 g/mol. The summed E-state index contributed by atoms with van der Waals surface area (Å²) in [6, 6.07) is 14.0. The van der Waals surface area contributed by atoms with Crippen LogP contribution in [0.4, 0.5) is 35.5 Å². The fourth-order valence-electron chi connectivity index (χ4n) is 3.31. The highest BCUT2D eigenvalue weighted by atomic mass is 19.4. The Hall–Kier alpha value is -2.82. The van der Waals surface area contributed by atoms with Crippen molar-refractivity contribution in [2.45, 2.75) is 25.0 Å². The van der Waals surface area contributed by atoms with Crippen molar-refractivity contribution in [3.8, 4) is 11.1 Å². The maximum Gasteiger partial charge on any atom is 0.434 e. The van der Waals surface area contributed by atoms with E-state index in [4.69, 9.17) is 0 Å². The number of hydrogen-bond donors (Lipinski definition) is 0. The van der Waals surface area contributed by atoms with Crippen LogP contribution in [0.1, 0.15) is 5.56 Å². The largest absolute Gasteiger partial charge is 0.434 e. The molecule has 0 spiro atoms. The lowest BCUT2D eigenvalue weighted by atomic mass is 10.0. The van der Waals surface area contributed by atoms with Crippen molar-refractivity contribution in [3.63, 3.8) is 0 Å². The standard InChI is InChI=1S/C21H19F7N2O2/c22-17-12-15(14-4-2-1-3-5-14)6-7-16(17)13-29-8-10-30(11-9-29)19(31)32-18(20(23,24)25)21(26,27)28/h1-7,12,18H,8-11,13H2. The Morgan fingerprint density at radius 2 is 1.47 bits per heavy atom. The lowest BCUT2D eigenvalue weighted by molar-refractivity contribution is -0.308. The molecule has 1 amide bonds. The van der Waals surface area contributed by atoms with Gasteiger partial charge in [0.1, 0.15) is 5.82 Å². The SMILES string of the molecule is O=C(OC(C(F)(F)F)C(F)(F)F)N1CCN(Cc2ccc(-c3ccccc3)cc2F)CC1. The normalized spacial score (nSPS) is 15.8. The molecule has 11 heteroatoms. The van der Waals surface area contributed by atoms with Crippen molar-refractivity contribution < 1.29 is 40.3 Å². The first kappa shape index (κ1) is 23.8. The van der Waals surface area contributed by atoms with E-state index in [0.29, 0.717) is 11.1 Å². The predicted molar refractivity (Wildman–Crippen MR) is 101 cm³/mol. The van der Waals surface area contributed by atoms with E-state index in [2.05, 4.69) is 4.74 Å². The first-order valence-corrected chi connectivity index (χ1v) is 9.60. The molecular formula is C21H19F7N2O2. The molecule has 2 aromatic carbocycles. The van der Waals surface area contributed by atoms with Crippen molar-refractivity contribution in [1.29, 1.82) is 0 Å². The van der Waals surface area contributed by atoms with Crippen LogP contribution in [-0.4, -0.2) is 60.5 Å². The van der Waals surface area contributed by atoms with Gasteiger partial charge in [0, 0.05) is 38.3 Å². The quantitative estimate of drug-likeness (QED) is 0.581. The molecule has 0 aliphatic carbocycles. The smallest absolute Gasteiger partial charge is 0.426 e. The van der Waals surface area contributed by atoms with E-state index >= 15 is 0 Å². The molecule has 0 unspecified atom stereocenters. The summed E-state index contributed by atoms with van der Waals surface area (Å²) in [5, 5.41) is 0. The first-order valence-electron chi connectivity index (χ1n) is 9.60. The number of rotatable bonds is 4. The number of ether oxygens (including phenoxy) is 1. The fraction of sp³-hybridized carbons (Fsp3) is 0.381. The second kappa shape index (κ2) is 9.35. The zero-order valence-corrected chi connectivity index (χ0v) is 16.6. The van der Waals surface area contributed by atoms with Gasteiger partial charge in [-0.3, -0.25) is 4.90 Å². The molecule has 3 rings (SSSR count). The first-order chi connectivity index (χ1) is 14.9. The van der Waals surface area contributed by atoms with Crippen LogP contribution in [0, 0.1) is 5.82 Å². The number of amides is 1. The molecule has 0 radical (unpaired) electrons. The van der Waals surface area contributed by atoms with Crippen LogP contribution in [0.2, 0.25) is 0 Å². The third kappa shape index (κ3) is 5.90. The Morgan fingerprint density at radius 1 is 0.875 bits per heavy atom. The van der Waals surface area contributed by atoms with E-state index in [1.165, 1.54) is 6.07 Å². The topological polar surface area (TPSA) is 32.8 Å². The molecule has 1 saturated heterocycles. The molecule has 1 fully saturated rings. The molecule has 32 heavy (non-hydrogen) atoms. The Kier molecular flexibility index (Phi) is 6.97. The number of nitrogens with zero attached hydrogens (tertiary/aromatic N) is 2.